The summed E-state index contributed by atoms with van der Waals surface area (Å²) in [6, 6.07) is 13.8. The Morgan fingerprint density at radius 1 is 1.28 bits per heavy atom. The van der Waals surface area contributed by atoms with Gasteiger partial charge in [-0.15, -0.1) is 0 Å². The van der Waals surface area contributed by atoms with Gasteiger partial charge < -0.3 is 4.74 Å². The number of halogens is 1. The van der Waals surface area contributed by atoms with Gasteiger partial charge in [-0.2, -0.15) is 10.4 Å². The van der Waals surface area contributed by atoms with Crippen LogP contribution in [0.1, 0.15) is 24.8 Å². The number of ether oxygens (including phenoxy) is 1. The third kappa shape index (κ3) is 5.61. The van der Waals surface area contributed by atoms with Gasteiger partial charge in [-0.05, 0) is 61.0 Å². The van der Waals surface area contributed by atoms with Gasteiger partial charge in [0, 0.05) is 49.1 Å². The van der Waals surface area contributed by atoms with Crippen LogP contribution in [-0.2, 0) is 24.5 Å². The highest BCUT2D eigenvalue weighted by Gasteiger charge is 2.21. The maximum Gasteiger partial charge on any atom is 0.199 e. The molecule has 3 aromatic rings. The predicted octanol–water partition coefficient (Wildman–Crippen LogP) is 4.68. The van der Waals surface area contributed by atoms with E-state index in [1.54, 1.807) is 6.20 Å². The van der Waals surface area contributed by atoms with E-state index in [-0.39, 0.29) is 6.10 Å². The molecule has 32 heavy (non-hydrogen) atoms. The molecule has 166 valence electrons. The SMILES string of the molecule is N#CCCN(Cc1cccnc1)Cn1nc(-c2ccc(Cl)cc2)n(C[C@@H]2CCCO2)c1=S. The second-order valence-electron chi connectivity index (χ2n) is 7.82. The van der Waals surface area contributed by atoms with E-state index < -0.39 is 0 Å². The van der Waals surface area contributed by atoms with E-state index in [0.717, 1.165) is 36.4 Å². The zero-order valence-corrected chi connectivity index (χ0v) is 19.3. The minimum Gasteiger partial charge on any atom is -0.376 e. The summed E-state index contributed by atoms with van der Waals surface area (Å²) < 4.78 is 10.4. The number of hydrogen-bond acceptors (Lipinski definition) is 6. The summed E-state index contributed by atoms with van der Waals surface area (Å²) in [5.41, 5.74) is 2.03. The van der Waals surface area contributed by atoms with Gasteiger partial charge >= 0.3 is 0 Å². The zero-order chi connectivity index (χ0) is 22.3. The van der Waals surface area contributed by atoms with Crippen LogP contribution in [0, 0.1) is 16.1 Å². The van der Waals surface area contributed by atoms with Crippen molar-refractivity contribution in [2.45, 2.75) is 45.1 Å². The highest BCUT2D eigenvalue weighted by Crippen LogP contribution is 2.24. The molecule has 0 amide bonds. The summed E-state index contributed by atoms with van der Waals surface area (Å²) in [5, 5.41) is 14.7. The Morgan fingerprint density at radius 3 is 2.81 bits per heavy atom. The average molecular weight is 469 g/mol. The molecule has 2 aromatic heterocycles. The second kappa shape index (κ2) is 10.8. The molecule has 1 aromatic carbocycles. The molecule has 0 radical (unpaired) electrons. The lowest BCUT2D eigenvalue weighted by molar-refractivity contribution is 0.0966. The molecule has 0 aliphatic carbocycles. The molecule has 1 aliphatic heterocycles. The first-order chi connectivity index (χ1) is 15.6. The molecule has 0 unspecified atom stereocenters. The molecular formula is C23H25ClN6OS. The number of hydrogen-bond donors (Lipinski definition) is 0. The van der Waals surface area contributed by atoms with Gasteiger partial charge in [0.25, 0.3) is 0 Å². The third-order valence-electron chi connectivity index (χ3n) is 5.44. The van der Waals surface area contributed by atoms with Crippen LogP contribution in [0.4, 0.5) is 0 Å². The lowest BCUT2D eigenvalue weighted by atomic mass is 10.2. The highest BCUT2D eigenvalue weighted by molar-refractivity contribution is 7.71. The van der Waals surface area contributed by atoms with Gasteiger partial charge in [-0.25, -0.2) is 4.68 Å². The van der Waals surface area contributed by atoms with Crippen molar-refractivity contribution in [1.29, 1.82) is 5.26 Å². The predicted molar refractivity (Wildman–Crippen MR) is 125 cm³/mol. The minimum absolute atomic E-state index is 0.135. The maximum absolute atomic E-state index is 9.12. The van der Waals surface area contributed by atoms with Crippen LogP contribution in [0.15, 0.2) is 48.8 Å². The molecular weight excluding hydrogens is 444 g/mol. The van der Waals surface area contributed by atoms with Gasteiger partial charge in [0.05, 0.1) is 25.4 Å². The molecule has 1 saturated heterocycles. The number of nitrogens with zero attached hydrogens (tertiary/aromatic N) is 6. The number of nitriles is 1. The summed E-state index contributed by atoms with van der Waals surface area (Å²) in [6.07, 6.45) is 6.24. The smallest absolute Gasteiger partial charge is 0.199 e. The first-order valence-electron chi connectivity index (χ1n) is 10.7. The summed E-state index contributed by atoms with van der Waals surface area (Å²) >= 11 is 11.9. The number of aromatic nitrogens is 4. The Bertz CT molecular complexity index is 1120. The standard InChI is InChI=1S/C23H25ClN6OS/c24-20-8-6-19(7-9-20)22-27-30(23(32)29(22)16-21-5-2-13-31-21)17-28(12-3-10-25)15-18-4-1-11-26-14-18/h1,4,6-9,11,14,21H,2-3,5,12-13,15-17H2/t21-/m0/s1. The quantitative estimate of drug-likeness (QED) is 0.424. The normalized spacial score (nSPS) is 15.8. The molecule has 9 heteroatoms. The molecule has 4 rings (SSSR count). The lowest BCUT2D eigenvalue weighted by Gasteiger charge is -2.20. The largest absolute Gasteiger partial charge is 0.376 e. The minimum atomic E-state index is 0.135. The second-order valence-corrected chi connectivity index (χ2v) is 8.62. The van der Waals surface area contributed by atoms with Crippen molar-refractivity contribution in [2.24, 2.45) is 0 Å². The van der Waals surface area contributed by atoms with Crippen molar-refractivity contribution in [2.75, 3.05) is 13.2 Å². The van der Waals surface area contributed by atoms with Crippen molar-refractivity contribution in [1.82, 2.24) is 24.2 Å². The zero-order valence-electron chi connectivity index (χ0n) is 17.7. The van der Waals surface area contributed by atoms with Gasteiger partial charge in [0.1, 0.15) is 0 Å². The Hall–Kier alpha value is -2.57. The van der Waals surface area contributed by atoms with E-state index in [0.29, 0.717) is 42.5 Å². The Kier molecular flexibility index (Phi) is 7.66. The Labute approximate surface area is 197 Å². The fraction of sp³-hybridized carbons (Fsp3) is 0.391. The third-order valence-corrected chi connectivity index (χ3v) is 6.12. The van der Waals surface area contributed by atoms with E-state index in [4.69, 9.17) is 38.9 Å². The molecule has 0 bridgehead atoms. The fourth-order valence-corrected chi connectivity index (χ4v) is 4.23. The molecule has 1 atom stereocenters. The Balaban J connectivity index is 1.64. The molecule has 3 heterocycles. The molecule has 0 spiro atoms. The van der Waals surface area contributed by atoms with E-state index in [9.17, 15) is 0 Å². The topological polar surface area (TPSA) is 71.9 Å². The monoisotopic (exact) mass is 468 g/mol. The van der Waals surface area contributed by atoms with Crippen LogP contribution < -0.4 is 0 Å². The lowest BCUT2D eigenvalue weighted by Crippen LogP contribution is -2.28. The Morgan fingerprint density at radius 2 is 2.12 bits per heavy atom. The van der Waals surface area contributed by atoms with Crippen LogP contribution in [0.2, 0.25) is 5.02 Å². The first-order valence-corrected chi connectivity index (χ1v) is 11.5. The van der Waals surface area contributed by atoms with E-state index in [1.807, 2.05) is 47.3 Å². The van der Waals surface area contributed by atoms with Crippen molar-refractivity contribution in [3.05, 3.63) is 64.1 Å². The molecule has 1 aliphatic rings. The molecule has 0 saturated carbocycles. The van der Waals surface area contributed by atoms with Gasteiger partial charge in [0.2, 0.25) is 0 Å². The van der Waals surface area contributed by atoms with Crippen molar-refractivity contribution < 1.29 is 4.74 Å². The fourth-order valence-electron chi connectivity index (χ4n) is 3.85. The van der Waals surface area contributed by atoms with Crippen LogP contribution in [0.5, 0.6) is 0 Å². The molecule has 1 fully saturated rings. The average Bonchev–Trinajstić information content (AvgIpc) is 3.43. The molecule has 7 nitrogen and oxygen atoms in total. The van der Waals surface area contributed by atoms with E-state index in [2.05, 4.69) is 20.5 Å². The van der Waals surface area contributed by atoms with Crippen molar-refractivity contribution in [3.63, 3.8) is 0 Å². The van der Waals surface area contributed by atoms with Crippen molar-refractivity contribution in [3.8, 4) is 17.5 Å². The first kappa shape index (κ1) is 22.6. The van der Waals surface area contributed by atoms with Gasteiger partial charge in [-0.3, -0.25) is 14.5 Å². The highest BCUT2D eigenvalue weighted by atomic mass is 35.5. The van der Waals surface area contributed by atoms with Crippen LogP contribution in [-0.4, -0.2) is 43.5 Å². The summed E-state index contributed by atoms with van der Waals surface area (Å²) in [7, 11) is 0. The summed E-state index contributed by atoms with van der Waals surface area (Å²) in [5.74, 6) is 0.795. The van der Waals surface area contributed by atoms with Crippen molar-refractivity contribution >= 4 is 23.8 Å². The van der Waals surface area contributed by atoms with Crippen LogP contribution >= 0.6 is 23.8 Å². The number of benzene rings is 1. The number of pyridine rings is 1. The van der Waals surface area contributed by atoms with Gasteiger partial charge in [-0.1, -0.05) is 17.7 Å². The van der Waals surface area contributed by atoms with E-state index >= 15 is 0 Å². The van der Waals surface area contributed by atoms with E-state index in [1.165, 1.54) is 0 Å². The summed E-state index contributed by atoms with van der Waals surface area (Å²) in [6.45, 7) is 3.20. The van der Waals surface area contributed by atoms with Crippen LogP contribution in [0.3, 0.4) is 0 Å². The van der Waals surface area contributed by atoms with Crippen LogP contribution in [0.25, 0.3) is 11.4 Å². The summed E-state index contributed by atoms with van der Waals surface area (Å²) in [4.78, 5) is 6.36. The van der Waals surface area contributed by atoms with Gasteiger partial charge in [0.15, 0.2) is 10.6 Å². The maximum atomic E-state index is 9.12. The number of rotatable bonds is 9. The molecule has 0 N–H and O–H groups in total.